The van der Waals surface area contributed by atoms with Gasteiger partial charge in [0.1, 0.15) is 0 Å². The molecule has 0 amide bonds. The summed E-state index contributed by atoms with van der Waals surface area (Å²) in [5, 5.41) is 0. The van der Waals surface area contributed by atoms with Crippen molar-refractivity contribution in [2.24, 2.45) is 5.92 Å². The van der Waals surface area contributed by atoms with E-state index in [0.29, 0.717) is 12.0 Å². The number of rotatable bonds is 1. The monoisotopic (exact) mass is 187 g/mol. The van der Waals surface area contributed by atoms with Gasteiger partial charge in [-0.2, -0.15) is 0 Å². The molecule has 1 heteroatoms. The Morgan fingerprint density at radius 3 is 3.14 bits per heavy atom. The average Bonchev–Trinajstić information content (AvgIpc) is 2.18. The molecule has 2 unspecified atom stereocenters. The lowest BCUT2D eigenvalue weighted by Crippen LogP contribution is -2.38. The van der Waals surface area contributed by atoms with Crippen LogP contribution in [0.2, 0.25) is 0 Å². The first-order valence-electron chi connectivity index (χ1n) is 5.36. The fraction of sp³-hybridized carbons (Fsp3) is 0.538. The highest BCUT2D eigenvalue weighted by Crippen LogP contribution is 2.32. The highest BCUT2D eigenvalue weighted by Gasteiger charge is 2.29. The molecule has 0 N–H and O–H groups in total. The van der Waals surface area contributed by atoms with Crippen LogP contribution in [0.15, 0.2) is 23.9 Å². The minimum absolute atomic E-state index is 0.500. The van der Waals surface area contributed by atoms with Gasteiger partial charge >= 0.3 is 0 Å². The molecule has 0 saturated heterocycles. The van der Waals surface area contributed by atoms with Gasteiger partial charge in [-0.1, -0.05) is 12.7 Å². The number of fused-ring (bicyclic) bond motifs is 1. The van der Waals surface area contributed by atoms with Crippen molar-refractivity contribution in [3.05, 3.63) is 23.9 Å². The standard InChI is InChI=1S/C13H17N/c1-10(2)14-9-8-12-6-4-5-7-13(12)11(14)3/h6,11,13H,1,4-5,7H2,2-3H3. The fourth-order valence-electron chi connectivity index (χ4n) is 2.40. The predicted molar refractivity (Wildman–Crippen MR) is 59.3 cm³/mol. The Bertz CT molecular complexity index is 340. The normalized spacial score (nSPS) is 29.9. The molecule has 1 nitrogen and oxygen atoms in total. The van der Waals surface area contributed by atoms with E-state index in [4.69, 9.17) is 0 Å². The maximum absolute atomic E-state index is 3.97. The summed E-state index contributed by atoms with van der Waals surface area (Å²) in [4.78, 5) is 2.12. The molecular weight excluding hydrogens is 170 g/mol. The Hall–Kier alpha value is -1.16. The van der Waals surface area contributed by atoms with E-state index < -0.39 is 0 Å². The van der Waals surface area contributed by atoms with Gasteiger partial charge in [-0.25, -0.2) is 0 Å². The lowest BCUT2D eigenvalue weighted by molar-refractivity contribution is 0.276. The molecule has 0 bridgehead atoms. The van der Waals surface area contributed by atoms with Crippen molar-refractivity contribution in [2.75, 3.05) is 0 Å². The van der Waals surface area contributed by atoms with Crippen LogP contribution >= 0.6 is 0 Å². The van der Waals surface area contributed by atoms with Crippen LogP contribution < -0.4 is 0 Å². The smallest absolute Gasteiger partial charge is 0.0468 e. The van der Waals surface area contributed by atoms with Gasteiger partial charge in [0.25, 0.3) is 0 Å². The summed E-state index contributed by atoms with van der Waals surface area (Å²) in [5.74, 6) is 3.90. The van der Waals surface area contributed by atoms with Crippen LogP contribution in [0, 0.1) is 17.9 Å². The summed E-state index contributed by atoms with van der Waals surface area (Å²) in [5.41, 5.74) is 2.43. The molecule has 0 aromatic carbocycles. The zero-order valence-electron chi connectivity index (χ0n) is 9.01. The molecule has 0 fully saturated rings. The van der Waals surface area contributed by atoms with Crippen LogP contribution in [-0.4, -0.2) is 10.9 Å². The van der Waals surface area contributed by atoms with Crippen molar-refractivity contribution in [2.45, 2.75) is 39.2 Å². The first-order chi connectivity index (χ1) is 6.70. The second-order valence-electron chi connectivity index (χ2n) is 4.28. The van der Waals surface area contributed by atoms with E-state index in [-0.39, 0.29) is 0 Å². The Morgan fingerprint density at radius 2 is 2.43 bits per heavy atom. The minimum atomic E-state index is 0.500. The first kappa shape index (κ1) is 9.40. The molecule has 0 spiro atoms. The van der Waals surface area contributed by atoms with Gasteiger partial charge < -0.3 is 4.90 Å². The second-order valence-corrected chi connectivity index (χ2v) is 4.28. The van der Waals surface area contributed by atoms with Crippen molar-refractivity contribution in [1.29, 1.82) is 0 Å². The van der Waals surface area contributed by atoms with E-state index in [0.717, 1.165) is 5.70 Å². The van der Waals surface area contributed by atoms with Crippen molar-refractivity contribution in [1.82, 2.24) is 4.90 Å². The molecular formula is C13H17N. The average molecular weight is 187 g/mol. The molecule has 0 aromatic heterocycles. The van der Waals surface area contributed by atoms with Crippen LogP contribution in [0.3, 0.4) is 0 Å². The van der Waals surface area contributed by atoms with Gasteiger partial charge in [-0.15, -0.1) is 0 Å². The third-order valence-electron chi connectivity index (χ3n) is 3.20. The molecule has 0 radical (unpaired) electrons. The molecule has 1 aliphatic heterocycles. The zero-order chi connectivity index (χ0) is 10.1. The molecule has 74 valence electrons. The topological polar surface area (TPSA) is 3.24 Å². The molecule has 2 aliphatic rings. The van der Waals surface area contributed by atoms with Gasteiger partial charge in [0.2, 0.25) is 0 Å². The summed E-state index contributed by atoms with van der Waals surface area (Å²) in [6.07, 6.45) is 6.11. The molecule has 14 heavy (non-hydrogen) atoms. The van der Waals surface area contributed by atoms with Crippen molar-refractivity contribution in [3.63, 3.8) is 0 Å². The molecule has 2 rings (SSSR count). The van der Waals surface area contributed by atoms with E-state index in [9.17, 15) is 0 Å². The third kappa shape index (κ3) is 1.46. The molecule has 0 aromatic rings. The van der Waals surface area contributed by atoms with Gasteiger partial charge in [0.05, 0.1) is 0 Å². The van der Waals surface area contributed by atoms with Crippen LogP contribution in [0.25, 0.3) is 0 Å². The van der Waals surface area contributed by atoms with Gasteiger partial charge in [0, 0.05) is 29.3 Å². The van der Waals surface area contributed by atoms with Gasteiger partial charge in [0.15, 0.2) is 0 Å². The van der Waals surface area contributed by atoms with Crippen LogP contribution in [0.4, 0.5) is 0 Å². The number of hydrogen-bond acceptors (Lipinski definition) is 1. The van der Waals surface area contributed by atoms with Gasteiger partial charge in [-0.3, -0.25) is 0 Å². The maximum atomic E-state index is 3.97. The summed E-state index contributed by atoms with van der Waals surface area (Å²) >= 11 is 0. The Balaban J connectivity index is 2.31. The van der Waals surface area contributed by atoms with Gasteiger partial charge in [-0.05, 0) is 39.0 Å². The van der Waals surface area contributed by atoms with E-state index in [1.54, 1.807) is 0 Å². The zero-order valence-corrected chi connectivity index (χ0v) is 9.01. The summed E-state index contributed by atoms with van der Waals surface area (Å²) in [7, 11) is 0. The van der Waals surface area contributed by atoms with E-state index in [2.05, 4.69) is 36.4 Å². The second kappa shape index (κ2) is 3.53. The quantitative estimate of drug-likeness (QED) is 0.570. The predicted octanol–water partition coefficient (Wildman–Crippen LogP) is 2.91. The lowest BCUT2D eigenvalue weighted by atomic mass is 9.81. The molecule has 0 saturated carbocycles. The van der Waals surface area contributed by atoms with Crippen molar-refractivity contribution < 1.29 is 0 Å². The van der Waals surface area contributed by atoms with Crippen molar-refractivity contribution >= 4 is 0 Å². The number of hydrogen-bond donors (Lipinski definition) is 0. The Kier molecular flexibility index (Phi) is 2.37. The Morgan fingerprint density at radius 1 is 1.64 bits per heavy atom. The first-order valence-corrected chi connectivity index (χ1v) is 5.36. The highest BCUT2D eigenvalue weighted by molar-refractivity contribution is 5.37. The van der Waals surface area contributed by atoms with Crippen LogP contribution in [0.5, 0.6) is 0 Å². The highest BCUT2D eigenvalue weighted by atomic mass is 15.1. The molecule has 2 atom stereocenters. The molecule has 1 aliphatic carbocycles. The summed E-state index contributed by atoms with van der Waals surface area (Å²) in [6.45, 7) is 8.26. The van der Waals surface area contributed by atoms with Crippen LogP contribution in [0.1, 0.15) is 33.1 Å². The van der Waals surface area contributed by atoms with E-state index >= 15 is 0 Å². The fourth-order valence-corrected chi connectivity index (χ4v) is 2.40. The summed E-state index contributed by atoms with van der Waals surface area (Å²) in [6, 6.07) is 3.68. The van der Waals surface area contributed by atoms with E-state index in [1.165, 1.54) is 24.8 Å². The SMILES string of the molecule is C=C(C)N1C#CC2=CCCCC2C1C. The number of allylic oxidation sites excluding steroid dienone is 2. The van der Waals surface area contributed by atoms with Crippen molar-refractivity contribution in [3.8, 4) is 12.0 Å². The maximum Gasteiger partial charge on any atom is 0.0468 e. The van der Waals surface area contributed by atoms with E-state index in [1.807, 2.05) is 6.92 Å². The Labute approximate surface area is 86.5 Å². The van der Waals surface area contributed by atoms with Crippen LogP contribution in [-0.2, 0) is 0 Å². The summed E-state index contributed by atoms with van der Waals surface area (Å²) < 4.78 is 0. The lowest BCUT2D eigenvalue weighted by Gasteiger charge is -2.36. The largest absolute Gasteiger partial charge is 0.303 e. The number of nitrogens with zero attached hydrogens (tertiary/aromatic N) is 1. The minimum Gasteiger partial charge on any atom is -0.303 e. The molecule has 1 heterocycles. The third-order valence-corrected chi connectivity index (χ3v) is 3.20.